The number of aliphatic carboxylic acids is 1. The fourth-order valence-corrected chi connectivity index (χ4v) is 3.13. The van der Waals surface area contributed by atoms with Crippen molar-refractivity contribution in [3.63, 3.8) is 0 Å². The summed E-state index contributed by atoms with van der Waals surface area (Å²) in [7, 11) is 4.18. The highest BCUT2D eigenvalue weighted by atomic mass is 16.4. The van der Waals surface area contributed by atoms with E-state index in [1.54, 1.807) is 0 Å². The molecule has 1 heterocycles. The van der Waals surface area contributed by atoms with Crippen molar-refractivity contribution in [3.8, 4) is 0 Å². The second-order valence-corrected chi connectivity index (χ2v) is 6.19. The second kappa shape index (κ2) is 6.54. The monoisotopic (exact) mass is 283 g/mol. The first-order valence-electron chi connectivity index (χ1n) is 7.36. The van der Waals surface area contributed by atoms with Crippen LogP contribution in [0.5, 0.6) is 0 Å². The Morgan fingerprint density at radius 1 is 1.20 bits per heavy atom. The summed E-state index contributed by atoms with van der Waals surface area (Å²) >= 11 is 0. The molecule has 2 rings (SSSR count). The van der Waals surface area contributed by atoms with Crippen molar-refractivity contribution in [2.24, 2.45) is 11.8 Å². The number of piperazine rings is 1. The number of nitrogens with zero attached hydrogens (tertiary/aromatic N) is 2. The van der Waals surface area contributed by atoms with Gasteiger partial charge in [-0.2, -0.15) is 0 Å². The van der Waals surface area contributed by atoms with Crippen LogP contribution in [-0.2, 0) is 9.59 Å². The van der Waals surface area contributed by atoms with Crippen LogP contribution < -0.4 is 5.32 Å². The smallest absolute Gasteiger partial charge is 0.306 e. The number of likely N-dealkylation sites (N-methyl/N-ethyl adjacent to an activating group) is 2. The summed E-state index contributed by atoms with van der Waals surface area (Å²) in [4.78, 5) is 27.6. The molecule has 0 radical (unpaired) electrons. The molecule has 1 saturated heterocycles. The van der Waals surface area contributed by atoms with Crippen molar-refractivity contribution in [1.82, 2.24) is 15.1 Å². The summed E-state index contributed by atoms with van der Waals surface area (Å²) < 4.78 is 0. The van der Waals surface area contributed by atoms with Crippen molar-refractivity contribution in [2.75, 3.05) is 40.3 Å². The van der Waals surface area contributed by atoms with Gasteiger partial charge in [-0.15, -0.1) is 0 Å². The molecule has 0 aromatic rings. The third-order valence-electron chi connectivity index (χ3n) is 4.64. The first-order chi connectivity index (χ1) is 9.47. The molecule has 20 heavy (non-hydrogen) atoms. The van der Waals surface area contributed by atoms with Crippen LogP contribution in [0.1, 0.15) is 19.3 Å². The van der Waals surface area contributed by atoms with E-state index in [1.165, 1.54) is 0 Å². The second-order valence-electron chi connectivity index (χ2n) is 6.19. The fraction of sp³-hybridized carbons (Fsp3) is 0.857. The maximum Gasteiger partial charge on any atom is 0.306 e. The van der Waals surface area contributed by atoms with Crippen LogP contribution in [0, 0.1) is 11.8 Å². The standard InChI is InChI=1S/C14H25N3O3/c1-16-5-6-17(2)12(9-16)8-15-13(18)10-3-4-11(7-10)14(19)20/h10-12H,3-9H2,1-2H3,(H,15,18)(H,19,20)/t10-,11+,12?/m1/s1. The molecule has 0 aromatic carbocycles. The van der Waals surface area contributed by atoms with Crippen LogP contribution >= 0.6 is 0 Å². The lowest BCUT2D eigenvalue weighted by Crippen LogP contribution is -2.54. The zero-order valence-corrected chi connectivity index (χ0v) is 12.3. The fourth-order valence-electron chi connectivity index (χ4n) is 3.13. The lowest BCUT2D eigenvalue weighted by molar-refractivity contribution is -0.141. The van der Waals surface area contributed by atoms with E-state index in [9.17, 15) is 9.59 Å². The van der Waals surface area contributed by atoms with E-state index in [0.717, 1.165) is 19.6 Å². The lowest BCUT2D eigenvalue weighted by atomic mass is 10.0. The molecule has 1 amide bonds. The summed E-state index contributed by atoms with van der Waals surface area (Å²) in [6, 6.07) is 0.342. The molecule has 2 N–H and O–H groups in total. The van der Waals surface area contributed by atoms with Gasteiger partial charge in [0.25, 0.3) is 0 Å². The van der Waals surface area contributed by atoms with E-state index in [0.29, 0.717) is 31.8 Å². The summed E-state index contributed by atoms with van der Waals surface area (Å²) in [5.74, 6) is -1.21. The lowest BCUT2D eigenvalue weighted by Gasteiger charge is -2.37. The average Bonchev–Trinajstić information content (AvgIpc) is 2.89. The number of amides is 1. The van der Waals surface area contributed by atoms with E-state index < -0.39 is 5.97 Å². The quantitative estimate of drug-likeness (QED) is 0.751. The molecule has 2 fully saturated rings. The highest BCUT2D eigenvalue weighted by Crippen LogP contribution is 2.31. The molecule has 0 bridgehead atoms. The number of carbonyl (C=O) groups excluding carboxylic acids is 1. The molecule has 1 unspecified atom stereocenters. The van der Waals surface area contributed by atoms with Crippen molar-refractivity contribution in [1.29, 1.82) is 0 Å². The van der Waals surface area contributed by atoms with Gasteiger partial charge in [0.2, 0.25) is 5.91 Å². The van der Waals surface area contributed by atoms with Crippen LogP contribution in [0.3, 0.4) is 0 Å². The zero-order valence-electron chi connectivity index (χ0n) is 12.3. The minimum Gasteiger partial charge on any atom is -0.481 e. The van der Waals surface area contributed by atoms with Gasteiger partial charge in [0.15, 0.2) is 0 Å². The number of carboxylic acid groups (broad SMARTS) is 1. The average molecular weight is 283 g/mol. The Kier molecular flexibility index (Phi) is 4.99. The van der Waals surface area contributed by atoms with E-state index in [-0.39, 0.29) is 17.7 Å². The van der Waals surface area contributed by atoms with Crippen LogP contribution in [0.25, 0.3) is 0 Å². The zero-order chi connectivity index (χ0) is 14.7. The predicted octanol–water partition coefficient (Wildman–Crippen LogP) is -0.151. The molecule has 1 aliphatic carbocycles. The summed E-state index contributed by atoms with van der Waals surface area (Å²) in [6.45, 7) is 3.68. The Morgan fingerprint density at radius 3 is 2.55 bits per heavy atom. The predicted molar refractivity (Wildman–Crippen MR) is 75.4 cm³/mol. The van der Waals surface area contributed by atoms with Gasteiger partial charge >= 0.3 is 5.97 Å². The SMILES string of the molecule is CN1CCN(C)C(CNC(=O)[C@@H]2CC[C@H](C(=O)O)C2)C1. The largest absolute Gasteiger partial charge is 0.481 e. The van der Waals surface area contributed by atoms with E-state index in [1.807, 2.05) is 0 Å². The van der Waals surface area contributed by atoms with E-state index in [4.69, 9.17) is 5.11 Å². The number of nitrogens with one attached hydrogen (secondary N) is 1. The Bertz CT molecular complexity index is 375. The van der Waals surface area contributed by atoms with Crippen LogP contribution in [0.2, 0.25) is 0 Å². The molecular weight excluding hydrogens is 258 g/mol. The first kappa shape index (κ1) is 15.3. The molecule has 0 aromatic heterocycles. The summed E-state index contributed by atoms with van der Waals surface area (Å²) in [5, 5.41) is 12.0. The molecular formula is C14H25N3O3. The van der Waals surface area contributed by atoms with Crippen molar-refractivity contribution < 1.29 is 14.7 Å². The van der Waals surface area contributed by atoms with Gasteiger partial charge in [0, 0.05) is 38.1 Å². The highest BCUT2D eigenvalue weighted by molar-refractivity contribution is 5.80. The van der Waals surface area contributed by atoms with Gasteiger partial charge in [0.05, 0.1) is 5.92 Å². The van der Waals surface area contributed by atoms with Crippen LogP contribution in [0.15, 0.2) is 0 Å². The third-order valence-corrected chi connectivity index (χ3v) is 4.64. The van der Waals surface area contributed by atoms with Crippen LogP contribution in [-0.4, -0.2) is 73.1 Å². The Morgan fingerprint density at radius 2 is 1.90 bits per heavy atom. The van der Waals surface area contributed by atoms with E-state index >= 15 is 0 Å². The van der Waals surface area contributed by atoms with Crippen molar-refractivity contribution >= 4 is 11.9 Å². The maximum absolute atomic E-state index is 12.1. The molecule has 1 saturated carbocycles. The van der Waals surface area contributed by atoms with Crippen molar-refractivity contribution in [3.05, 3.63) is 0 Å². The Hall–Kier alpha value is -1.14. The van der Waals surface area contributed by atoms with Gasteiger partial charge < -0.3 is 15.3 Å². The topological polar surface area (TPSA) is 72.9 Å². The third kappa shape index (κ3) is 3.70. The highest BCUT2D eigenvalue weighted by Gasteiger charge is 2.34. The molecule has 6 nitrogen and oxygen atoms in total. The maximum atomic E-state index is 12.1. The molecule has 2 aliphatic rings. The van der Waals surface area contributed by atoms with Crippen LogP contribution in [0.4, 0.5) is 0 Å². The van der Waals surface area contributed by atoms with Gasteiger partial charge in [-0.25, -0.2) is 0 Å². The molecule has 6 heteroatoms. The van der Waals surface area contributed by atoms with Gasteiger partial charge in [-0.1, -0.05) is 0 Å². The van der Waals surface area contributed by atoms with Gasteiger partial charge in [-0.05, 0) is 33.4 Å². The minimum absolute atomic E-state index is 0.0235. The molecule has 114 valence electrons. The number of hydrogen-bond donors (Lipinski definition) is 2. The van der Waals surface area contributed by atoms with Gasteiger partial charge in [0.1, 0.15) is 0 Å². The van der Waals surface area contributed by atoms with E-state index in [2.05, 4.69) is 29.2 Å². The molecule has 0 spiro atoms. The normalized spacial score (nSPS) is 32.2. The minimum atomic E-state index is -0.770. The number of hydrogen-bond acceptors (Lipinski definition) is 4. The number of carbonyl (C=O) groups is 2. The summed E-state index contributed by atoms with van der Waals surface area (Å²) in [6.07, 6.45) is 1.81. The Balaban J connectivity index is 1.76. The van der Waals surface area contributed by atoms with Gasteiger partial charge in [-0.3, -0.25) is 14.5 Å². The molecule has 1 aliphatic heterocycles. The number of carboxylic acids is 1. The summed E-state index contributed by atoms with van der Waals surface area (Å²) in [5.41, 5.74) is 0. The molecule has 3 atom stereocenters. The number of rotatable bonds is 4. The Labute approximate surface area is 120 Å². The van der Waals surface area contributed by atoms with Crippen molar-refractivity contribution in [2.45, 2.75) is 25.3 Å². The first-order valence-corrected chi connectivity index (χ1v) is 7.36.